The number of hydrogen-bond acceptors (Lipinski definition) is 3. The van der Waals surface area contributed by atoms with Gasteiger partial charge >= 0.3 is 6.36 Å². The summed E-state index contributed by atoms with van der Waals surface area (Å²) in [6.07, 6.45) is -4.83. The Hall–Kier alpha value is -1.43. The summed E-state index contributed by atoms with van der Waals surface area (Å²) in [5.41, 5.74) is 0.00944. The molecule has 0 atom stereocenters. The molecule has 0 N–H and O–H groups in total. The van der Waals surface area contributed by atoms with Crippen LogP contribution in [0.1, 0.15) is 17.3 Å². The molecular weight excluding hydrogens is 273 g/mol. The van der Waals surface area contributed by atoms with Crippen molar-refractivity contribution < 1.29 is 27.4 Å². The quantitative estimate of drug-likeness (QED) is 0.613. The summed E-state index contributed by atoms with van der Waals surface area (Å²) in [4.78, 5) is 11.4. The summed E-state index contributed by atoms with van der Waals surface area (Å²) < 4.78 is 45.1. The van der Waals surface area contributed by atoms with Gasteiger partial charge in [0.2, 0.25) is 0 Å². The Morgan fingerprint density at radius 3 is 2.39 bits per heavy atom. The van der Waals surface area contributed by atoms with Crippen LogP contribution in [-0.4, -0.2) is 24.6 Å². The Morgan fingerprint density at radius 1 is 1.28 bits per heavy atom. The van der Waals surface area contributed by atoms with Crippen molar-refractivity contribution in [1.29, 1.82) is 0 Å². The maximum atomic E-state index is 12.1. The second kappa shape index (κ2) is 5.95. The van der Waals surface area contributed by atoms with Gasteiger partial charge in [-0.05, 0) is 19.1 Å². The molecule has 0 amide bonds. The van der Waals surface area contributed by atoms with Crippen LogP contribution in [0.15, 0.2) is 18.2 Å². The lowest BCUT2D eigenvalue weighted by Crippen LogP contribution is -2.17. The molecule has 7 heteroatoms. The van der Waals surface area contributed by atoms with Gasteiger partial charge in [0.25, 0.3) is 0 Å². The summed E-state index contributed by atoms with van der Waals surface area (Å²) in [6.45, 7) is 1.92. The van der Waals surface area contributed by atoms with Crippen LogP contribution in [0.2, 0.25) is 0 Å². The first-order valence-electron chi connectivity index (χ1n) is 4.98. The maximum absolute atomic E-state index is 12.1. The molecule has 3 nitrogen and oxygen atoms in total. The molecule has 0 unspecified atom stereocenters. The number of carbonyl (C=O) groups excluding carboxylic acids is 1. The largest absolute Gasteiger partial charge is 0.573 e. The normalized spacial score (nSPS) is 11.2. The molecule has 0 aliphatic rings. The van der Waals surface area contributed by atoms with Crippen molar-refractivity contribution in [2.45, 2.75) is 13.3 Å². The van der Waals surface area contributed by atoms with Gasteiger partial charge < -0.3 is 9.47 Å². The third-order valence-corrected chi connectivity index (χ3v) is 2.11. The number of alkyl halides is 4. The molecule has 0 aromatic heterocycles. The monoisotopic (exact) mass is 282 g/mol. The number of ketones is 1. The Kier molecular flexibility index (Phi) is 4.84. The highest BCUT2D eigenvalue weighted by Gasteiger charge is 2.31. The summed E-state index contributed by atoms with van der Waals surface area (Å²) in [5.74, 6) is -1.24. The highest BCUT2D eigenvalue weighted by Crippen LogP contribution is 2.28. The minimum Gasteiger partial charge on any atom is -0.494 e. The van der Waals surface area contributed by atoms with Gasteiger partial charge in [-0.15, -0.1) is 24.8 Å². The lowest BCUT2D eigenvalue weighted by Gasteiger charge is -2.12. The van der Waals surface area contributed by atoms with E-state index in [4.69, 9.17) is 16.3 Å². The van der Waals surface area contributed by atoms with Gasteiger partial charge in [-0.1, -0.05) is 0 Å². The Labute approximate surface area is 106 Å². The predicted molar refractivity (Wildman–Crippen MR) is 59.3 cm³/mol. The molecule has 100 valence electrons. The second-order valence-electron chi connectivity index (χ2n) is 3.23. The summed E-state index contributed by atoms with van der Waals surface area (Å²) in [6, 6.07) is 3.35. The SMILES string of the molecule is CCOc1cc(OC(F)(F)F)cc(C(=O)CCl)c1. The van der Waals surface area contributed by atoms with Gasteiger partial charge in [-0.2, -0.15) is 0 Å². The number of carbonyl (C=O) groups is 1. The number of rotatable bonds is 5. The Morgan fingerprint density at radius 2 is 1.89 bits per heavy atom. The van der Waals surface area contributed by atoms with E-state index in [0.29, 0.717) is 0 Å². The van der Waals surface area contributed by atoms with Crippen molar-refractivity contribution in [3.05, 3.63) is 23.8 Å². The fraction of sp³-hybridized carbons (Fsp3) is 0.364. The van der Waals surface area contributed by atoms with E-state index in [9.17, 15) is 18.0 Å². The molecule has 1 rings (SSSR count). The highest BCUT2D eigenvalue weighted by atomic mass is 35.5. The number of Topliss-reactive ketones (excluding diaryl/α,β-unsaturated/α-hetero) is 1. The van der Waals surface area contributed by atoms with Crippen LogP contribution in [0.25, 0.3) is 0 Å². The molecule has 0 spiro atoms. The lowest BCUT2D eigenvalue weighted by atomic mass is 10.1. The molecule has 0 saturated carbocycles. The highest BCUT2D eigenvalue weighted by molar-refractivity contribution is 6.30. The third-order valence-electron chi connectivity index (χ3n) is 1.87. The van der Waals surface area contributed by atoms with Crippen LogP contribution in [0.4, 0.5) is 13.2 Å². The standard InChI is InChI=1S/C11H10ClF3O3/c1-2-17-8-3-7(10(16)6-12)4-9(5-8)18-11(13,14)15/h3-5H,2,6H2,1H3. The first-order chi connectivity index (χ1) is 8.35. The average Bonchev–Trinajstić information content (AvgIpc) is 2.25. The van der Waals surface area contributed by atoms with Crippen molar-refractivity contribution in [3.63, 3.8) is 0 Å². The van der Waals surface area contributed by atoms with Crippen LogP contribution in [0.3, 0.4) is 0 Å². The zero-order valence-corrected chi connectivity index (χ0v) is 10.1. The number of ether oxygens (including phenoxy) is 2. The van der Waals surface area contributed by atoms with Crippen molar-refractivity contribution in [1.82, 2.24) is 0 Å². The van der Waals surface area contributed by atoms with E-state index in [-0.39, 0.29) is 23.8 Å². The fourth-order valence-electron chi connectivity index (χ4n) is 1.25. The third kappa shape index (κ3) is 4.44. The predicted octanol–water partition coefficient (Wildman–Crippen LogP) is 3.41. The fourth-order valence-corrected chi connectivity index (χ4v) is 1.41. The maximum Gasteiger partial charge on any atom is 0.573 e. The summed E-state index contributed by atoms with van der Waals surface area (Å²) in [7, 11) is 0. The topological polar surface area (TPSA) is 35.5 Å². The molecule has 0 aliphatic heterocycles. The molecule has 1 aromatic carbocycles. The molecule has 0 fully saturated rings. The van der Waals surface area contributed by atoms with E-state index in [1.807, 2.05) is 0 Å². The van der Waals surface area contributed by atoms with E-state index < -0.39 is 17.9 Å². The van der Waals surface area contributed by atoms with Gasteiger partial charge in [0.05, 0.1) is 12.5 Å². The smallest absolute Gasteiger partial charge is 0.494 e. The molecule has 18 heavy (non-hydrogen) atoms. The molecule has 1 aromatic rings. The Bertz CT molecular complexity index is 432. The molecule has 0 radical (unpaired) electrons. The molecular formula is C11H10ClF3O3. The molecule has 0 aliphatic carbocycles. The van der Waals surface area contributed by atoms with Crippen LogP contribution < -0.4 is 9.47 Å². The number of benzene rings is 1. The van der Waals surface area contributed by atoms with Gasteiger partial charge in [0.15, 0.2) is 5.78 Å². The van der Waals surface area contributed by atoms with Crippen molar-refractivity contribution >= 4 is 17.4 Å². The first kappa shape index (κ1) is 14.6. The van der Waals surface area contributed by atoms with Gasteiger partial charge in [0, 0.05) is 11.6 Å². The van der Waals surface area contributed by atoms with Crippen LogP contribution in [0, 0.1) is 0 Å². The zero-order valence-electron chi connectivity index (χ0n) is 9.38. The molecule has 0 heterocycles. The van der Waals surface area contributed by atoms with E-state index in [2.05, 4.69) is 4.74 Å². The number of hydrogen-bond donors (Lipinski definition) is 0. The Balaban J connectivity index is 3.09. The van der Waals surface area contributed by atoms with E-state index in [1.165, 1.54) is 6.07 Å². The van der Waals surface area contributed by atoms with Crippen molar-refractivity contribution in [3.8, 4) is 11.5 Å². The summed E-state index contributed by atoms with van der Waals surface area (Å²) in [5, 5.41) is 0. The van der Waals surface area contributed by atoms with Crippen molar-refractivity contribution in [2.24, 2.45) is 0 Å². The van der Waals surface area contributed by atoms with Gasteiger partial charge in [-0.3, -0.25) is 4.79 Å². The number of halogens is 4. The second-order valence-corrected chi connectivity index (χ2v) is 3.50. The average molecular weight is 283 g/mol. The summed E-state index contributed by atoms with van der Waals surface area (Å²) >= 11 is 5.35. The zero-order chi connectivity index (χ0) is 13.8. The first-order valence-corrected chi connectivity index (χ1v) is 5.52. The van der Waals surface area contributed by atoms with Gasteiger partial charge in [-0.25, -0.2) is 0 Å². The molecule has 0 saturated heterocycles. The molecule has 0 bridgehead atoms. The minimum atomic E-state index is -4.83. The van der Waals surface area contributed by atoms with Crippen LogP contribution >= 0.6 is 11.6 Å². The van der Waals surface area contributed by atoms with Crippen LogP contribution in [-0.2, 0) is 0 Å². The van der Waals surface area contributed by atoms with Crippen molar-refractivity contribution in [2.75, 3.05) is 12.5 Å². The van der Waals surface area contributed by atoms with E-state index in [0.717, 1.165) is 12.1 Å². The lowest BCUT2D eigenvalue weighted by molar-refractivity contribution is -0.274. The van der Waals surface area contributed by atoms with Crippen LogP contribution in [0.5, 0.6) is 11.5 Å². The van der Waals surface area contributed by atoms with Gasteiger partial charge in [0.1, 0.15) is 11.5 Å². The van der Waals surface area contributed by atoms with E-state index >= 15 is 0 Å². The van der Waals surface area contributed by atoms with E-state index in [1.54, 1.807) is 6.92 Å². The minimum absolute atomic E-state index is 0.00944.